The molecule has 0 saturated heterocycles. The molecule has 0 aliphatic carbocycles. The Morgan fingerprint density at radius 2 is 1.94 bits per heavy atom. The van der Waals surface area contributed by atoms with E-state index in [0.29, 0.717) is 0 Å². The van der Waals surface area contributed by atoms with Crippen molar-refractivity contribution < 1.29 is 4.55 Å². The minimum Gasteiger partial charge on any atom is -0.587 e. The highest BCUT2D eigenvalue weighted by atomic mass is 79.9. The zero-order valence-corrected chi connectivity index (χ0v) is 11.7. The molecule has 0 aliphatic heterocycles. The van der Waals surface area contributed by atoms with Crippen LogP contribution in [0.4, 0.5) is 0 Å². The Bertz CT molecular complexity index is 684. The molecule has 18 heavy (non-hydrogen) atoms. The molecule has 3 nitrogen and oxygen atoms in total. The summed E-state index contributed by atoms with van der Waals surface area (Å²) in [5.41, 5.74) is 0.723. The normalized spacial score (nSPS) is 12.8. The van der Waals surface area contributed by atoms with E-state index >= 15 is 0 Å². The maximum absolute atomic E-state index is 12.4. The lowest BCUT2D eigenvalue weighted by Gasteiger charge is -2.10. The second-order valence-electron chi connectivity index (χ2n) is 3.77. The molecule has 1 aromatic carbocycles. The van der Waals surface area contributed by atoms with E-state index in [2.05, 4.69) is 20.9 Å². The third-order valence-electron chi connectivity index (χ3n) is 2.58. The van der Waals surface area contributed by atoms with E-state index < -0.39 is 11.4 Å². The molecule has 1 atom stereocenters. The first kappa shape index (κ1) is 11.8. The summed E-state index contributed by atoms with van der Waals surface area (Å²) >= 11 is 2.12. The summed E-state index contributed by atoms with van der Waals surface area (Å²) in [5.74, 6) is 0. The van der Waals surface area contributed by atoms with Crippen molar-refractivity contribution in [1.82, 2.24) is 8.96 Å². The fourth-order valence-electron chi connectivity index (χ4n) is 1.76. The molecule has 0 spiro atoms. The van der Waals surface area contributed by atoms with Crippen molar-refractivity contribution in [3.63, 3.8) is 0 Å². The summed E-state index contributed by atoms with van der Waals surface area (Å²) in [7, 11) is 0. The van der Waals surface area contributed by atoms with E-state index in [0.717, 1.165) is 20.4 Å². The molecule has 0 amide bonds. The summed E-state index contributed by atoms with van der Waals surface area (Å²) in [5, 5.41) is 0.966. The molecule has 5 heteroatoms. The summed E-state index contributed by atoms with van der Waals surface area (Å²) in [6.07, 6.45) is 3.51. The third-order valence-corrected chi connectivity index (χ3v) is 4.34. The van der Waals surface area contributed by atoms with E-state index in [1.54, 1.807) is 16.4 Å². The lowest BCUT2D eigenvalue weighted by Crippen LogP contribution is -2.12. The van der Waals surface area contributed by atoms with Crippen LogP contribution in [0, 0.1) is 0 Å². The van der Waals surface area contributed by atoms with Gasteiger partial charge < -0.3 is 4.55 Å². The maximum Gasteiger partial charge on any atom is 0.186 e. The molecule has 0 aliphatic rings. The fourth-order valence-corrected chi connectivity index (χ4v) is 3.20. The number of hydrogen-bond acceptors (Lipinski definition) is 2. The van der Waals surface area contributed by atoms with Crippen LogP contribution in [0.15, 0.2) is 64.2 Å². The average molecular weight is 321 g/mol. The van der Waals surface area contributed by atoms with Gasteiger partial charge in [-0.05, 0) is 40.2 Å². The minimum absolute atomic E-state index is 0.723. The van der Waals surface area contributed by atoms with Crippen LogP contribution < -0.4 is 0 Å². The SMILES string of the molecule is [O-][S+](c1ccccc1)n1ccc2cc(Br)cnc21. The van der Waals surface area contributed by atoms with Crippen molar-refractivity contribution in [2.75, 3.05) is 0 Å². The largest absolute Gasteiger partial charge is 0.587 e. The first-order valence-electron chi connectivity index (χ1n) is 5.35. The average Bonchev–Trinajstić information content (AvgIpc) is 2.81. The quantitative estimate of drug-likeness (QED) is 0.679. The predicted molar refractivity (Wildman–Crippen MR) is 75.7 cm³/mol. The molecule has 2 heterocycles. The van der Waals surface area contributed by atoms with Gasteiger partial charge in [0.05, 0.1) is 6.20 Å². The van der Waals surface area contributed by atoms with Gasteiger partial charge in [-0.1, -0.05) is 18.2 Å². The molecule has 0 fully saturated rings. The first-order chi connectivity index (χ1) is 8.75. The maximum atomic E-state index is 12.4. The lowest BCUT2D eigenvalue weighted by molar-refractivity contribution is 0.587. The monoisotopic (exact) mass is 320 g/mol. The Morgan fingerprint density at radius 3 is 2.72 bits per heavy atom. The number of benzene rings is 1. The van der Waals surface area contributed by atoms with Crippen molar-refractivity contribution in [2.24, 2.45) is 0 Å². The van der Waals surface area contributed by atoms with Crippen LogP contribution in [0.1, 0.15) is 0 Å². The fraction of sp³-hybridized carbons (Fsp3) is 0. The number of rotatable bonds is 2. The van der Waals surface area contributed by atoms with E-state index in [1.165, 1.54) is 0 Å². The molecular formula is C13H9BrN2OS. The highest BCUT2D eigenvalue weighted by Crippen LogP contribution is 2.22. The van der Waals surface area contributed by atoms with Crippen molar-refractivity contribution in [2.45, 2.75) is 4.90 Å². The number of pyridine rings is 1. The van der Waals surface area contributed by atoms with Crippen LogP contribution >= 0.6 is 15.9 Å². The highest BCUT2D eigenvalue weighted by molar-refractivity contribution is 9.10. The molecule has 0 N–H and O–H groups in total. The molecule has 0 bridgehead atoms. The molecule has 0 radical (unpaired) electrons. The molecule has 1 unspecified atom stereocenters. The number of halogens is 1. The number of aromatic nitrogens is 2. The van der Waals surface area contributed by atoms with Crippen molar-refractivity contribution >= 4 is 38.3 Å². The van der Waals surface area contributed by atoms with Gasteiger partial charge >= 0.3 is 0 Å². The molecule has 3 rings (SSSR count). The van der Waals surface area contributed by atoms with Crippen LogP contribution in [0.3, 0.4) is 0 Å². The second-order valence-corrected chi connectivity index (χ2v) is 6.05. The van der Waals surface area contributed by atoms with Gasteiger partial charge in [0, 0.05) is 16.1 Å². The Labute approximate surface area is 116 Å². The first-order valence-corrected chi connectivity index (χ1v) is 7.25. The van der Waals surface area contributed by atoms with Crippen LogP contribution in [-0.4, -0.2) is 13.5 Å². The van der Waals surface area contributed by atoms with Crippen LogP contribution in [0.25, 0.3) is 11.0 Å². The van der Waals surface area contributed by atoms with E-state index in [-0.39, 0.29) is 0 Å². The zero-order valence-electron chi connectivity index (χ0n) is 9.29. The lowest BCUT2D eigenvalue weighted by atomic mass is 10.3. The summed E-state index contributed by atoms with van der Waals surface area (Å²) in [6, 6.07) is 13.2. The van der Waals surface area contributed by atoms with Gasteiger partial charge in [0.1, 0.15) is 11.4 Å². The Kier molecular flexibility index (Phi) is 3.11. The van der Waals surface area contributed by atoms with E-state index in [4.69, 9.17) is 0 Å². The van der Waals surface area contributed by atoms with Crippen LogP contribution in [-0.2, 0) is 11.4 Å². The van der Waals surface area contributed by atoms with Gasteiger partial charge in [0.15, 0.2) is 10.5 Å². The third kappa shape index (κ3) is 2.05. The van der Waals surface area contributed by atoms with Crippen molar-refractivity contribution in [1.29, 1.82) is 0 Å². The molecule has 90 valence electrons. The van der Waals surface area contributed by atoms with Gasteiger partial charge in [0.25, 0.3) is 0 Å². The Balaban J connectivity index is 2.10. The zero-order chi connectivity index (χ0) is 12.5. The standard InChI is InChI=1S/C13H9BrN2OS/c14-11-8-10-6-7-16(13(10)15-9-11)18(17)12-4-2-1-3-5-12/h1-9H. The minimum atomic E-state index is -1.26. The van der Waals surface area contributed by atoms with Gasteiger partial charge in [-0.25, -0.2) is 4.98 Å². The molecule has 0 saturated carbocycles. The molecular weight excluding hydrogens is 312 g/mol. The van der Waals surface area contributed by atoms with Crippen molar-refractivity contribution in [3.8, 4) is 0 Å². The van der Waals surface area contributed by atoms with Gasteiger partial charge in [-0.15, -0.1) is 3.97 Å². The van der Waals surface area contributed by atoms with Gasteiger partial charge in [0.2, 0.25) is 0 Å². The van der Waals surface area contributed by atoms with E-state index in [9.17, 15) is 4.55 Å². The molecule has 2 aromatic heterocycles. The van der Waals surface area contributed by atoms with Crippen molar-refractivity contribution in [3.05, 3.63) is 59.3 Å². The van der Waals surface area contributed by atoms with Crippen LogP contribution in [0.5, 0.6) is 0 Å². The Hall–Kier alpha value is -1.30. The highest BCUT2D eigenvalue weighted by Gasteiger charge is 2.16. The number of fused-ring (bicyclic) bond motifs is 1. The summed E-state index contributed by atoms with van der Waals surface area (Å²) in [6.45, 7) is 0. The van der Waals surface area contributed by atoms with Gasteiger partial charge in [-0.2, -0.15) is 0 Å². The molecule has 3 aromatic rings. The number of hydrogen-bond donors (Lipinski definition) is 0. The second kappa shape index (κ2) is 4.76. The predicted octanol–water partition coefficient (Wildman–Crippen LogP) is 3.37. The van der Waals surface area contributed by atoms with Crippen LogP contribution in [0.2, 0.25) is 0 Å². The topological polar surface area (TPSA) is 40.9 Å². The summed E-state index contributed by atoms with van der Waals surface area (Å²) < 4.78 is 15.0. The van der Waals surface area contributed by atoms with E-state index in [1.807, 2.05) is 42.5 Å². The number of nitrogens with zero attached hydrogens (tertiary/aromatic N) is 2. The Morgan fingerprint density at radius 1 is 1.17 bits per heavy atom. The smallest absolute Gasteiger partial charge is 0.186 e. The van der Waals surface area contributed by atoms with Gasteiger partial charge in [-0.3, -0.25) is 0 Å². The summed E-state index contributed by atoms with van der Waals surface area (Å²) in [4.78, 5) is 5.07.